The Labute approximate surface area is 98.5 Å². The molecule has 0 atom stereocenters. The zero-order valence-corrected chi connectivity index (χ0v) is 10.8. The third-order valence-corrected chi connectivity index (χ3v) is 3.91. The van der Waals surface area contributed by atoms with Crippen LogP contribution in [0.15, 0.2) is 0 Å². The highest BCUT2D eigenvalue weighted by Gasteiger charge is 2.10. The minimum absolute atomic E-state index is 0.801. The summed E-state index contributed by atoms with van der Waals surface area (Å²) in [5.41, 5.74) is 0. The van der Waals surface area contributed by atoms with Gasteiger partial charge in [-0.15, -0.1) is 0 Å². The molecule has 1 N–H and O–H groups in total. The summed E-state index contributed by atoms with van der Waals surface area (Å²) in [4.78, 5) is 0. The number of nitrogens with one attached hydrogen (secondary N) is 1. The Bertz CT molecular complexity index is 136. The molecule has 2 nitrogen and oxygen atoms in total. The SMILES string of the molecule is COCCSCCNC1CCCCCC1. The van der Waals surface area contributed by atoms with Crippen molar-refractivity contribution in [2.75, 3.05) is 31.8 Å². The molecular weight excluding hydrogens is 206 g/mol. The molecule has 0 aromatic heterocycles. The Morgan fingerprint density at radius 3 is 2.53 bits per heavy atom. The molecule has 0 aromatic rings. The number of hydrogen-bond acceptors (Lipinski definition) is 3. The Hall–Kier alpha value is 0.270. The molecule has 0 radical (unpaired) electrons. The molecule has 1 fully saturated rings. The van der Waals surface area contributed by atoms with E-state index in [0.29, 0.717) is 0 Å². The second-order valence-corrected chi connectivity index (χ2v) is 5.47. The van der Waals surface area contributed by atoms with E-state index in [1.165, 1.54) is 50.8 Å². The minimum atomic E-state index is 0.801. The van der Waals surface area contributed by atoms with Crippen molar-refractivity contribution in [1.29, 1.82) is 0 Å². The Kier molecular flexibility index (Phi) is 8.44. The van der Waals surface area contributed by atoms with E-state index < -0.39 is 0 Å². The van der Waals surface area contributed by atoms with Crippen molar-refractivity contribution >= 4 is 11.8 Å². The summed E-state index contributed by atoms with van der Waals surface area (Å²) in [5.74, 6) is 2.35. The van der Waals surface area contributed by atoms with Crippen molar-refractivity contribution in [1.82, 2.24) is 5.32 Å². The Balaban J connectivity index is 1.89. The minimum Gasteiger partial charge on any atom is -0.384 e. The van der Waals surface area contributed by atoms with E-state index in [-0.39, 0.29) is 0 Å². The number of thioether (sulfide) groups is 1. The van der Waals surface area contributed by atoms with Gasteiger partial charge in [0.1, 0.15) is 0 Å². The Morgan fingerprint density at radius 2 is 1.87 bits per heavy atom. The van der Waals surface area contributed by atoms with Crippen LogP contribution in [-0.4, -0.2) is 37.8 Å². The summed E-state index contributed by atoms with van der Waals surface area (Å²) in [5, 5.41) is 3.68. The molecule has 15 heavy (non-hydrogen) atoms. The topological polar surface area (TPSA) is 21.3 Å². The van der Waals surface area contributed by atoms with Gasteiger partial charge in [-0.05, 0) is 12.8 Å². The number of rotatable bonds is 7. The first-order valence-corrected chi connectivity index (χ1v) is 7.39. The van der Waals surface area contributed by atoms with Crippen molar-refractivity contribution in [3.05, 3.63) is 0 Å². The zero-order chi connectivity index (χ0) is 10.8. The summed E-state index contributed by atoms with van der Waals surface area (Å²) in [6.45, 7) is 2.05. The molecule has 0 unspecified atom stereocenters. The predicted molar refractivity (Wildman–Crippen MR) is 68.7 cm³/mol. The summed E-state index contributed by atoms with van der Waals surface area (Å²) < 4.78 is 5.01. The molecule has 1 aliphatic rings. The van der Waals surface area contributed by atoms with E-state index in [1.54, 1.807) is 7.11 Å². The molecule has 0 aromatic carbocycles. The second-order valence-electron chi connectivity index (χ2n) is 4.25. The summed E-state index contributed by atoms with van der Waals surface area (Å²) in [7, 11) is 1.77. The van der Waals surface area contributed by atoms with Crippen LogP contribution in [0, 0.1) is 0 Å². The fourth-order valence-corrected chi connectivity index (χ4v) is 2.81. The zero-order valence-electron chi connectivity index (χ0n) is 9.96. The van der Waals surface area contributed by atoms with Crippen molar-refractivity contribution in [2.45, 2.75) is 44.6 Å². The van der Waals surface area contributed by atoms with Crippen LogP contribution < -0.4 is 5.32 Å². The second kappa shape index (κ2) is 9.49. The van der Waals surface area contributed by atoms with Gasteiger partial charge in [0.05, 0.1) is 6.61 Å². The van der Waals surface area contributed by atoms with E-state index in [1.807, 2.05) is 11.8 Å². The van der Waals surface area contributed by atoms with Gasteiger partial charge in [0, 0.05) is 31.2 Å². The summed E-state index contributed by atoms with van der Waals surface area (Å²) >= 11 is 1.98. The van der Waals surface area contributed by atoms with Gasteiger partial charge in [-0.1, -0.05) is 25.7 Å². The van der Waals surface area contributed by atoms with Gasteiger partial charge in [0.2, 0.25) is 0 Å². The van der Waals surface area contributed by atoms with Gasteiger partial charge in [-0.3, -0.25) is 0 Å². The highest BCUT2D eigenvalue weighted by atomic mass is 32.2. The van der Waals surface area contributed by atoms with Crippen LogP contribution in [0.5, 0.6) is 0 Å². The van der Waals surface area contributed by atoms with Crippen molar-refractivity contribution < 1.29 is 4.74 Å². The maximum Gasteiger partial charge on any atom is 0.0552 e. The molecule has 0 amide bonds. The standard InChI is InChI=1S/C12H25NOS/c1-14-9-11-15-10-8-13-12-6-4-2-3-5-7-12/h12-13H,2-11H2,1H3. The van der Waals surface area contributed by atoms with Crippen molar-refractivity contribution in [3.63, 3.8) is 0 Å². The largest absolute Gasteiger partial charge is 0.384 e. The van der Waals surface area contributed by atoms with E-state index in [9.17, 15) is 0 Å². The summed E-state index contributed by atoms with van der Waals surface area (Å²) in [6.07, 6.45) is 8.52. The highest BCUT2D eigenvalue weighted by Crippen LogP contribution is 2.17. The smallest absolute Gasteiger partial charge is 0.0552 e. The molecular formula is C12H25NOS. The fraction of sp³-hybridized carbons (Fsp3) is 1.00. The fourth-order valence-electron chi connectivity index (χ4n) is 2.06. The van der Waals surface area contributed by atoms with Gasteiger partial charge in [-0.2, -0.15) is 11.8 Å². The third kappa shape index (κ3) is 7.20. The molecule has 1 saturated carbocycles. The number of hydrogen-bond donors (Lipinski definition) is 1. The van der Waals surface area contributed by atoms with Crippen LogP contribution in [0.25, 0.3) is 0 Å². The van der Waals surface area contributed by atoms with Gasteiger partial charge in [0.25, 0.3) is 0 Å². The molecule has 90 valence electrons. The highest BCUT2D eigenvalue weighted by molar-refractivity contribution is 7.99. The summed E-state index contributed by atoms with van der Waals surface area (Å²) in [6, 6.07) is 0.801. The third-order valence-electron chi connectivity index (χ3n) is 2.97. The lowest BCUT2D eigenvalue weighted by Crippen LogP contribution is -2.30. The normalized spacial score (nSPS) is 19.0. The van der Waals surface area contributed by atoms with Crippen molar-refractivity contribution in [2.24, 2.45) is 0 Å². The molecule has 3 heteroatoms. The van der Waals surface area contributed by atoms with Gasteiger partial charge in [-0.25, -0.2) is 0 Å². The molecule has 1 rings (SSSR count). The maximum atomic E-state index is 5.01. The maximum absolute atomic E-state index is 5.01. The number of methoxy groups -OCH3 is 1. The lowest BCUT2D eigenvalue weighted by atomic mass is 10.1. The first-order valence-electron chi connectivity index (χ1n) is 6.23. The van der Waals surface area contributed by atoms with Crippen LogP contribution in [0.2, 0.25) is 0 Å². The average molecular weight is 231 g/mol. The molecule has 0 aliphatic heterocycles. The average Bonchev–Trinajstić information content (AvgIpc) is 2.52. The molecule has 0 heterocycles. The van der Waals surface area contributed by atoms with Crippen molar-refractivity contribution in [3.8, 4) is 0 Å². The van der Waals surface area contributed by atoms with Crippen LogP contribution >= 0.6 is 11.8 Å². The quantitative estimate of drug-likeness (QED) is 0.538. The number of ether oxygens (including phenoxy) is 1. The first-order chi connectivity index (χ1) is 7.43. The lowest BCUT2D eigenvalue weighted by Gasteiger charge is -2.15. The molecule has 0 spiro atoms. The van der Waals surface area contributed by atoms with E-state index in [2.05, 4.69) is 5.32 Å². The Morgan fingerprint density at radius 1 is 1.13 bits per heavy atom. The van der Waals surface area contributed by atoms with Crippen LogP contribution in [0.3, 0.4) is 0 Å². The van der Waals surface area contributed by atoms with E-state index in [0.717, 1.165) is 18.4 Å². The van der Waals surface area contributed by atoms with E-state index in [4.69, 9.17) is 4.74 Å². The van der Waals surface area contributed by atoms with Crippen LogP contribution in [-0.2, 0) is 4.74 Å². The first kappa shape index (κ1) is 13.3. The van der Waals surface area contributed by atoms with Gasteiger partial charge in [0.15, 0.2) is 0 Å². The monoisotopic (exact) mass is 231 g/mol. The molecule has 1 aliphatic carbocycles. The van der Waals surface area contributed by atoms with Crippen LogP contribution in [0.1, 0.15) is 38.5 Å². The van der Waals surface area contributed by atoms with E-state index >= 15 is 0 Å². The van der Waals surface area contributed by atoms with Crippen LogP contribution in [0.4, 0.5) is 0 Å². The molecule has 0 bridgehead atoms. The van der Waals surface area contributed by atoms with Gasteiger partial charge < -0.3 is 10.1 Å². The van der Waals surface area contributed by atoms with Gasteiger partial charge >= 0.3 is 0 Å². The molecule has 0 saturated heterocycles. The predicted octanol–water partition coefficient (Wildman–Crippen LogP) is 2.68. The lowest BCUT2D eigenvalue weighted by molar-refractivity contribution is 0.218.